The van der Waals surface area contributed by atoms with Crippen molar-refractivity contribution in [2.45, 2.75) is 0 Å². The van der Waals surface area contributed by atoms with Gasteiger partial charge >= 0.3 is 0 Å². The maximum Gasteiger partial charge on any atom is 0.128 e. The molecule has 1 aromatic carbocycles. The average molecular weight is 253 g/mol. The third-order valence-corrected chi connectivity index (χ3v) is 3.68. The highest BCUT2D eigenvalue weighted by Gasteiger charge is 2.14. The number of likely N-dealkylation sites (N-methyl/N-ethyl adjacent to an activating group) is 1. The lowest BCUT2D eigenvalue weighted by Crippen LogP contribution is -2.44. The van der Waals surface area contributed by atoms with Gasteiger partial charge in [-0.05, 0) is 24.7 Å². The Kier molecular flexibility index (Phi) is 3.47. The number of hydrogen-bond acceptors (Lipinski definition) is 3. The number of pyridine rings is 1. The van der Waals surface area contributed by atoms with Crippen molar-refractivity contribution in [3.63, 3.8) is 0 Å². The zero-order chi connectivity index (χ0) is 13.1. The molecule has 1 aliphatic heterocycles. The molecule has 0 aliphatic carbocycles. The van der Waals surface area contributed by atoms with E-state index >= 15 is 0 Å². The Bertz CT molecular complexity index is 513. The summed E-state index contributed by atoms with van der Waals surface area (Å²) in [5, 5.41) is 0. The van der Waals surface area contributed by atoms with Crippen LogP contribution in [-0.2, 0) is 0 Å². The Hall–Kier alpha value is -1.87. The minimum absolute atomic E-state index is 1.06. The minimum atomic E-state index is 1.06. The zero-order valence-electron chi connectivity index (χ0n) is 11.3. The summed E-state index contributed by atoms with van der Waals surface area (Å²) < 4.78 is 0. The molecule has 0 radical (unpaired) electrons. The van der Waals surface area contributed by atoms with Crippen LogP contribution in [-0.4, -0.2) is 43.1 Å². The standard InChI is InChI=1S/C16H19N3/c1-18-9-11-19(12-10-18)16-8-7-15(13-17-16)14-5-3-2-4-6-14/h2-8,13H,9-12H2,1H3. The van der Waals surface area contributed by atoms with Gasteiger partial charge in [0.1, 0.15) is 5.82 Å². The van der Waals surface area contributed by atoms with Crippen LogP contribution in [0.15, 0.2) is 48.7 Å². The quantitative estimate of drug-likeness (QED) is 0.819. The summed E-state index contributed by atoms with van der Waals surface area (Å²) in [6.45, 7) is 4.35. The molecule has 1 fully saturated rings. The van der Waals surface area contributed by atoms with Gasteiger partial charge in [-0.2, -0.15) is 0 Å². The summed E-state index contributed by atoms with van der Waals surface area (Å²) in [7, 11) is 2.17. The smallest absolute Gasteiger partial charge is 0.128 e. The van der Waals surface area contributed by atoms with E-state index < -0.39 is 0 Å². The van der Waals surface area contributed by atoms with E-state index in [1.54, 1.807) is 0 Å². The zero-order valence-corrected chi connectivity index (χ0v) is 11.3. The SMILES string of the molecule is CN1CCN(c2ccc(-c3ccccc3)cn2)CC1. The van der Waals surface area contributed by atoms with Gasteiger partial charge in [0, 0.05) is 37.9 Å². The number of rotatable bonds is 2. The molecule has 1 aromatic heterocycles. The second-order valence-electron chi connectivity index (χ2n) is 5.06. The van der Waals surface area contributed by atoms with Crippen LogP contribution >= 0.6 is 0 Å². The van der Waals surface area contributed by atoms with E-state index in [1.165, 1.54) is 11.1 Å². The summed E-state index contributed by atoms with van der Waals surface area (Å²) in [4.78, 5) is 9.32. The lowest BCUT2D eigenvalue weighted by Gasteiger charge is -2.33. The molecule has 98 valence electrons. The van der Waals surface area contributed by atoms with Crippen molar-refractivity contribution in [1.29, 1.82) is 0 Å². The van der Waals surface area contributed by atoms with Crippen LogP contribution in [0.4, 0.5) is 5.82 Å². The van der Waals surface area contributed by atoms with Gasteiger partial charge in [-0.1, -0.05) is 30.3 Å². The molecule has 1 aliphatic rings. The second kappa shape index (κ2) is 5.41. The summed E-state index contributed by atoms with van der Waals surface area (Å²) in [5.41, 5.74) is 2.40. The van der Waals surface area contributed by atoms with E-state index in [2.05, 4.69) is 58.2 Å². The van der Waals surface area contributed by atoms with Crippen LogP contribution in [0.3, 0.4) is 0 Å². The average Bonchev–Trinajstić information content (AvgIpc) is 2.49. The van der Waals surface area contributed by atoms with E-state index in [4.69, 9.17) is 0 Å². The highest BCUT2D eigenvalue weighted by atomic mass is 15.3. The van der Waals surface area contributed by atoms with Gasteiger partial charge in [0.25, 0.3) is 0 Å². The molecule has 1 saturated heterocycles. The first-order chi connectivity index (χ1) is 9.33. The maximum atomic E-state index is 4.61. The number of hydrogen-bond donors (Lipinski definition) is 0. The molecule has 0 saturated carbocycles. The number of piperazine rings is 1. The summed E-state index contributed by atoms with van der Waals surface area (Å²) in [6.07, 6.45) is 1.98. The summed E-state index contributed by atoms with van der Waals surface area (Å²) >= 11 is 0. The van der Waals surface area contributed by atoms with Crippen molar-refractivity contribution in [3.05, 3.63) is 48.7 Å². The predicted molar refractivity (Wildman–Crippen MR) is 79.4 cm³/mol. The van der Waals surface area contributed by atoms with Gasteiger partial charge in [-0.25, -0.2) is 4.98 Å². The molecular weight excluding hydrogens is 234 g/mol. The highest BCUT2D eigenvalue weighted by Crippen LogP contribution is 2.21. The van der Waals surface area contributed by atoms with Gasteiger partial charge in [0.05, 0.1) is 0 Å². The topological polar surface area (TPSA) is 19.4 Å². The molecular formula is C16H19N3. The Labute approximate surface area is 114 Å². The molecule has 0 amide bonds. The van der Waals surface area contributed by atoms with E-state index in [0.29, 0.717) is 0 Å². The molecule has 0 bridgehead atoms. The molecule has 3 heteroatoms. The first-order valence-electron chi connectivity index (χ1n) is 6.78. The number of benzene rings is 1. The maximum absolute atomic E-state index is 4.61. The van der Waals surface area contributed by atoms with Crippen molar-refractivity contribution in [1.82, 2.24) is 9.88 Å². The Morgan fingerprint density at radius 1 is 0.842 bits per heavy atom. The molecule has 0 N–H and O–H groups in total. The van der Waals surface area contributed by atoms with Crippen molar-refractivity contribution >= 4 is 5.82 Å². The van der Waals surface area contributed by atoms with Crippen molar-refractivity contribution in [2.75, 3.05) is 38.1 Å². The van der Waals surface area contributed by atoms with Crippen molar-refractivity contribution in [2.24, 2.45) is 0 Å². The van der Waals surface area contributed by atoms with Crippen LogP contribution in [0.5, 0.6) is 0 Å². The third-order valence-electron chi connectivity index (χ3n) is 3.68. The summed E-state index contributed by atoms with van der Waals surface area (Å²) in [5.74, 6) is 1.09. The molecule has 2 heterocycles. The van der Waals surface area contributed by atoms with Gasteiger partial charge in [-0.15, -0.1) is 0 Å². The Balaban J connectivity index is 1.76. The predicted octanol–water partition coefficient (Wildman–Crippen LogP) is 2.50. The van der Waals surface area contributed by atoms with Gasteiger partial charge in [0.15, 0.2) is 0 Å². The largest absolute Gasteiger partial charge is 0.354 e. The highest BCUT2D eigenvalue weighted by molar-refractivity contribution is 5.63. The van der Waals surface area contributed by atoms with E-state index in [0.717, 1.165) is 32.0 Å². The molecule has 3 nitrogen and oxygen atoms in total. The first-order valence-corrected chi connectivity index (χ1v) is 6.78. The van der Waals surface area contributed by atoms with E-state index in [1.807, 2.05) is 12.3 Å². The van der Waals surface area contributed by atoms with Crippen LogP contribution in [0.2, 0.25) is 0 Å². The number of nitrogens with zero attached hydrogens (tertiary/aromatic N) is 3. The van der Waals surface area contributed by atoms with Gasteiger partial charge in [0.2, 0.25) is 0 Å². The normalized spacial score (nSPS) is 16.6. The Morgan fingerprint density at radius 2 is 1.58 bits per heavy atom. The monoisotopic (exact) mass is 253 g/mol. The van der Waals surface area contributed by atoms with Crippen molar-refractivity contribution < 1.29 is 0 Å². The van der Waals surface area contributed by atoms with Crippen LogP contribution in [0, 0.1) is 0 Å². The van der Waals surface area contributed by atoms with Gasteiger partial charge < -0.3 is 9.80 Å². The van der Waals surface area contributed by atoms with Crippen LogP contribution < -0.4 is 4.90 Å². The van der Waals surface area contributed by atoms with E-state index in [9.17, 15) is 0 Å². The van der Waals surface area contributed by atoms with Crippen LogP contribution in [0.25, 0.3) is 11.1 Å². The molecule has 19 heavy (non-hydrogen) atoms. The lowest BCUT2D eigenvalue weighted by atomic mass is 10.1. The fraction of sp³-hybridized carbons (Fsp3) is 0.312. The molecule has 3 rings (SSSR count). The minimum Gasteiger partial charge on any atom is -0.354 e. The second-order valence-corrected chi connectivity index (χ2v) is 5.06. The van der Waals surface area contributed by atoms with Gasteiger partial charge in [-0.3, -0.25) is 0 Å². The molecule has 2 aromatic rings. The number of anilines is 1. The lowest BCUT2D eigenvalue weighted by molar-refractivity contribution is 0.312. The number of aromatic nitrogens is 1. The molecule has 0 atom stereocenters. The summed E-state index contributed by atoms with van der Waals surface area (Å²) in [6, 6.07) is 14.7. The third kappa shape index (κ3) is 2.76. The van der Waals surface area contributed by atoms with Crippen LogP contribution in [0.1, 0.15) is 0 Å². The Morgan fingerprint density at radius 3 is 2.21 bits per heavy atom. The molecule has 0 spiro atoms. The first kappa shape index (κ1) is 12.2. The van der Waals surface area contributed by atoms with E-state index in [-0.39, 0.29) is 0 Å². The van der Waals surface area contributed by atoms with Crippen molar-refractivity contribution in [3.8, 4) is 11.1 Å². The fourth-order valence-electron chi connectivity index (χ4n) is 2.41. The fourth-order valence-corrected chi connectivity index (χ4v) is 2.41. The molecule has 0 unspecified atom stereocenters.